The second-order valence-corrected chi connectivity index (χ2v) is 6.38. The molecule has 1 unspecified atom stereocenters. The topological polar surface area (TPSA) is 64.4 Å². The van der Waals surface area contributed by atoms with E-state index in [0.717, 1.165) is 23.4 Å². The predicted molar refractivity (Wildman–Crippen MR) is 82.2 cm³/mol. The van der Waals surface area contributed by atoms with Crippen molar-refractivity contribution in [2.24, 2.45) is 11.1 Å². The minimum Gasteiger partial charge on any atom is -0.381 e. The van der Waals surface area contributed by atoms with Gasteiger partial charge >= 0.3 is 0 Å². The molecule has 1 aliphatic carbocycles. The van der Waals surface area contributed by atoms with Crippen LogP contribution in [0.4, 0.5) is 0 Å². The first-order valence-electron chi connectivity index (χ1n) is 7.52. The minimum absolute atomic E-state index is 0.0532. The fourth-order valence-electron chi connectivity index (χ4n) is 3.36. The Morgan fingerprint density at radius 1 is 1.43 bits per heavy atom. The molecule has 1 heterocycles. The highest BCUT2D eigenvalue weighted by Gasteiger charge is 2.40. The maximum atomic E-state index is 12.7. The molecule has 1 aromatic carbocycles. The number of nitrogens with two attached hydrogens (primary N) is 1. The number of hydrogen-bond acceptors (Lipinski definition) is 3. The highest BCUT2D eigenvalue weighted by Crippen LogP contribution is 2.37. The number of benzene rings is 1. The number of fused-ring (bicyclic) bond motifs is 1. The molecular weight excluding hydrogens is 288 g/mol. The van der Waals surface area contributed by atoms with Gasteiger partial charge in [-0.2, -0.15) is 0 Å². The van der Waals surface area contributed by atoms with E-state index in [1.54, 1.807) is 0 Å². The quantitative estimate of drug-likeness (QED) is 0.899. The smallest absolute Gasteiger partial charge is 0.228 e. The van der Waals surface area contributed by atoms with Crippen LogP contribution in [-0.4, -0.2) is 25.7 Å². The SMILES string of the molecule is NCC1(C(=O)NC2CCc3c(Cl)cccc32)CCOCC1. The molecule has 21 heavy (non-hydrogen) atoms. The maximum Gasteiger partial charge on any atom is 0.228 e. The second kappa shape index (κ2) is 5.95. The van der Waals surface area contributed by atoms with Gasteiger partial charge in [0.2, 0.25) is 5.91 Å². The molecule has 3 N–H and O–H groups in total. The summed E-state index contributed by atoms with van der Waals surface area (Å²) in [6.45, 7) is 1.59. The summed E-state index contributed by atoms with van der Waals surface area (Å²) in [6, 6.07) is 5.96. The molecule has 1 atom stereocenters. The average Bonchev–Trinajstić information content (AvgIpc) is 2.92. The van der Waals surface area contributed by atoms with Crippen LogP contribution in [0.3, 0.4) is 0 Å². The Labute approximate surface area is 130 Å². The minimum atomic E-state index is -0.473. The van der Waals surface area contributed by atoms with E-state index >= 15 is 0 Å². The molecule has 0 radical (unpaired) electrons. The summed E-state index contributed by atoms with van der Waals surface area (Å²) in [7, 11) is 0. The van der Waals surface area contributed by atoms with Crippen LogP contribution < -0.4 is 11.1 Å². The van der Waals surface area contributed by atoms with Gasteiger partial charge in [-0.15, -0.1) is 0 Å². The summed E-state index contributed by atoms with van der Waals surface area (Å²) in [5.41, 5.74) is 7.74. The van der Waals surface area contributed by atoms with Gasteiger partial charge in [0.15, 0.2) is 0 Å². The lowest BCUT2D eigenvalue weighted by molar-refractivity contribution is -0.136. The van der Waals surface area contributed by atoms with Crippen molar-refractivity contribution in [3.8, 4) is 0 Å². The van der Waals surface area contributed by atoms with Crippen molar-refractivity contribution in [3.05, 3.63) is 34.3 Å². The summed E-state index contributed by atoms with van der Waals surface area (Å²) < 4.78 is 5.37. The predicted octanol–water partition coefficient (Wildman–Crippen LogP) is 2.20. The van der Waals surface area contributed by atoms with Crippen LogP contribution in [0.1, 0.15) is 36.4 Å². The lowest BCUT2D eigenvalue weighted by Crippen LogP contribution is -2.49. The van der Waals surface area contributed by atoms with Crippen LogP contribution in [0, 0.1) is 5.41 Å². The molecule has 1 fully saturated rings. The first kappa shape index (κ1) is 14.8. The Kier molecular flexibility index (Phi) is 4.20. The number of nitrogens with one attached hydrogen (secondary N) is 1. The van der Waals surface area contributed by atoms with Crippen LogP contribution in [0.2, 0.25) is 5.02 Å². The molecule has 0 saturated carbocycles. The fourth-order valence-corrected chi connectivity index (χ4v) is 3.63. The summed E-state index contributed by atoms with van der Waals surface area (Å²) in [5.74, 6) is 0.0612. The Morgan fingerprint density at radius 3 is 2.90 bits per heavy atom. The van der Waals surface area contributed by atoms with E-state index in [-0.39, 0.29) is 11.9 Å². The third-order valence-corrected chi connectivity index (χ3v) is 5.20. The monoisotopic (exact) mass is 308 g/mol. The molecule has 0 bridgehead atoms. The van der Waals surface area contributed by atoms with Gasteiger partial charge in [-0.25, -0.2) is 0 Å². The third kappa shape index (κ3) is 2.68. The van der Waals surface area contributed by atoms with Gasteiger partial charge < -0.3 is 15.8 Å². The largest absolute Gasteiger partial charge is 0.381 e. The summed E-state index contributed by atoms with van der Waals surface area (Å²) in [5, 5.41) is 3.99. The van der Waals surface area contributed by atoms with Gasteiger partial charge in [-0.3, -0.25) is 4.79 Å². The van der Waals surface area contributed by atoms with Crippen molar-refractivity contribution < 1.29 is 9.53 Å². The molecule has 1 aliphatic heterocycles. The first-order chi connectivity index (χ1) is 10.2. The first-order valence-corrected chi connectivity index (χ1v) is 7.90. The summed E-state index contributed by atoms with van der Waals surface area (Å²) in [4.78, 5) is 12.7. The van der Waals surface area contributed by atoms with Gasteiger partial charge in [0.05, 0.1) is 11.5 Å². The number of rotatable bonds is 3. The van der Waals surface area contributed by atoms with Crippen molar-refractivity contribution in [2.45, 2.75) is 31.7 Å². The Morgan fingerprint density at radius 2 is 2.19 bits per heavy atom. The second-order valence-electron chi connectivity index (χ2n) is 5.97. The average molecular weight is 309 g/mol. The number of halogens is 1. The maximum absolute atomic E-state index is 12.7. The summed E-state index contributed by atoms with van der Waals surface area (Å²) in [6.07, 6.45) is 3.22. The van der Waals surface area contributed by atoms with Crippen molar-refractivity contribution in [1.29, 1.82) is 0 Å². The number of amides is 1. The van der Waals surface area contributed by atoms with Gasteiger partial charge in [0, 0.05) is 24.8 Å². The number of carbonyl (C=O) groups excluding carboxylic acids is 1. The van der Waals surface area contributed by atoms with Crippen LogP contribution in [-0.2, 0) is 16.0 Å². The molecule has 1 saturated heterocycles. The Bertz CT molecular complexity index is 541. The van der Waals surface area contributed by atoms with Crippen LogP contribution in [0.15, 0.2) is 18.2 Å². The van der Waals surface area contributed by atoms with Crippen molar-refractivity contribution >= 4 is 17.5 Å². The van der Waals surface area contributed by atoms with E-state index in [2.05, 4.69) is 11.4 Å². The molecule has 114 valence electrons. The lowest BCUT2D eigenvalue weighted by Gasteiger charge is -2.35. The van der Waals surface area contributed by atoms with Crippen LogP contribution in [0.25, 0.3) is 0 Å². The number of carbonyl (C=O) groups is 1. The van der Waals surface area contributed by atoms with E-state index in [0.29, 0.717) is 32.6 Å². The zero-order chi connectivity index (χ0) is 14.9. The highest BCUT2D eigenvalue weighted by molar-refractivity contribution is 6.31. The van der Waals surface area contributed by atoms with Gasteiger partial charge in [0.25, 0.3) is 0 Å². The van der Waals surface area contributed by atoms with Crippen molar-refractivity contribution in [3.63, 3.8) is 0 Å². The molecule has 1 aromatic rings. The molecule has 0 spiro atoms. The van der Waals surface area contributed by atoms with Gasteiger partial charge in [-0.1, -0.05) is 23.7 Å². The molecule has 0 aromatic heterocycles. The molecule has 4 nitrogen and oxygen atoms in total. The van der Waals surface area contributed by atoms with Crippen LogP contribution >= 0.6 is 11.6 Å². The van der Waals surface area contributed by atoms with Crippen molar-refractivity contribution in [1.82, 2.24) is 5.32 Å². The fraction of sp³-hybridized carbons (Fsp3) is 0.562. The zero-order valence-electron chi connectivity index (χ0n) is 12.0. The number of ether oxygens (including phenoxy) is 1. The van der Waals surface area contributed by atoms with E-state index in [4.69, 9.17) is 22.1 Å². The number of hydrogen-bond donors (Lipinski definition) is 2. The van der Waals surface area contributed by atoms with E-state index < -0.39 is 5.41 Å². The molecule has 5 heteroatoms. The zero-order valence-corrected chi connectivity index (χ0v) is 12.8. The molecule has 2 aliphatic rings. The van der Waals surface area contributed by atoms with Gasteiger partial charge in [0.1, 0.15) is 0 Å². The van der Waals surface area contributed by atoms with E-state index in [1.165, 1.54) is 5.56 Å². The molecule has 1 amide bonds. The Balaban J connectivity index is 1.76. The Hall–Kier alpha value is -1.10. The standard InChI is InChI=1S/C16H21ClN2O2/c17-13-3-1-2-12-11(13)4-5-14(12)19-15(20)16(10-18)6-8-21-9-7-16/h1-3,14H,4-10,18H2,(H,19,20). The van der Waals surface area contributed by atoms with Crippen molar-refractivity contribution in [2.75, 3.05) is 19.8 Å². The highest BCUT2D eigenvalue weighted by atomic mass is 35.5. The normalized spacial score (nSPS) is 23.6. The third-order valence-electron chi connectivity index (χ3n) is 4.84. The van der Waals surface area contributed by atoms with Gasteiger partial charge in [-0.05, 0) is 42.9 Å². The summed E-state index contributed by atoms with van der Waals surface area (Å²) >= 11 is 6.23. The molecular formula is C16H21ClN2O2. The van der Waals surface area contributed by atoms with E-state index in [9.17, 15) is 4.79 Å². The van der Waals surface area contributed by atoms with Crippen LogP contribution in [0.5, 0.6) is 0 Å². The lowest BCUT2D eigenvalue weighted by atomic mass is 9.79. The molecule has 3 rings (SSSR count). The van der Waals surface area contributed by atoms with E-state index in [1.807, 2.05) is 12.1 Å².